The quantitative estimate of drug-likeness (QED) is 0.773. The van der Waals surface area contributed by atoms with Crippen LogP contribution in [0.5, 0.6) is 0 Å². The first-order chi connectivity index (χ1) is 10.3. The summed E-state index contributed by atoms with van der Waals surface area (Å²) in [5, 5.41) is 11.5. The van der Waals surface area contributed by atoms with Crippen LogP contribution in [0.25, 0.3) is 11.0 Å². The molecule has 2 aromatic heterocycles. The van der Waals surface area contributed by atoms with Crippen LogP contribution in [0.2, 0.25) is 0 Å². The lowest BCUT2D eigenvalue weighted by molar-refractivity contribution is 0.541. The molecule has 1 N–H and O–H groups in total. The molecule has 108 valence electrons. The number of aromatic nitrogens is 5. The standard InChI is InChI=1S/C15H18N6/c1-3-8-16-15(14-10-18-20-21(14)2)13-9-17-11-6-4-5-7-12(11)19-13/h4-7,9-10,15-16H,3,8H2,1-2H3. The van der Waals surface area contributed by atoms with Gasteiger partial charge in [-0.1, -0.05) is 24.3 Å². The zero-order valence-electron chi connectivity index (χ0n) is 12.2. The highest BCUT2D eigenvalue weighted by Crippen LogP contribution is 2.20. The Kier molecular flexibility index (Phi) is 3.87. The number of nitrogens with one attached hydrogen (secondary N) is 1. The monoisotopic (exact) mass is 282 g/mol. The second-order valence-corrected chi connectivity index (χ2v) is 4.95. The highest BCUT2D eigenvalue weighted by atomic mass is 15.4. The van der Waals surface area contributed by atoms with Crippen molar-refractivity contribution >= 4 is 11.0 Å². The van der Waals surface area contributed by atoms with E-state index in [1.165, 1.54) is 0 Å². The van der Waals surface area contributed by atoms with E-state index < -0.39 is 0 Å². The molecule has 1 aromatic carbocycles. The number of hydrogen-bond acceptors (Lipinski definition) is 5. The molecule has 0 saturated heterocycles. The number of fused-ring (bicyclic) bond motifs is 1. The van der Waals surface area contributed by atoms with Crippen LogP contribution in [0.15, 0.2) is 36.7 Å². The van der Waals surface area contributed by atoms with Crippen molar-refractivity contribution in [2.75, 3.05) is 6.54 Å². The van der Waals surface area contributed by atoms with Crippen LogP contribution in [0.1, 0.15) is 30.8 Å². The molecule has 2 heterocycles. The largest absolute Gasteiger partial charge is 0.304 e. The molecule has 0 fully saturated rings. The van der Waals surface area contributed by atoms with Gasteiger partial charge < -0.3 is 5.32 Å². The summed E-state index contributed by atoms with van der Waals surface area (Å²) in [6.07, 6.45) is 4.63. The van der Waals surface area contributed by atoms with Crippen molar-refractivity contribution in [1.29, 1.82) is 0 Å². The average Bonchev–Trinajstić information content (AvgIpc) is 2.94. The third-order valence-corrected chi connectivity index (χ3v) is 3.41. The van der Waals surface area contributed by atoms with Crippen LogP contribution in [0.4, 0.5) is 0 Å². The molecule has 0 aliphatic carbocycles. The first kappa shape index (κ1) is 13.6. The Morgan fingerprint density at radius 2 is 2.00 bits per heavy atom. The third kappa shape index (κ3) is 2.75. The van der Waals surface area contributed by atoms with Crippen molar-refractivity contribution in [2.45, 2.75) is 19.4 Å². The van der Waals surface area contributed by atoms with Crippen LogP contribution in [0, 0.1) is 0 Å². The van der Waals surface area contributed by atoms with Gasteiger partial charge >= 0.3 is 0 Å². The summed E-state index contributed by atoms with van der Waals surface area (Å²) < 4.78 is 1.77. The maximum Gasteiger partial charge on any atom is 0.0954 e. The number of rotatable bonds is 5. The zero-order chi connectivity index (χ0) is 14.7. The van der Waals surface area contributed by atoms with Gasteiger partial charge in [0.2, 0.25) is 0 Å². The Labute approximate surface area is 123 Å². The van der Waals surface area contributed by atoms with E-state index in [1.54, 1.807) is 10.9 Å². The molecule has 0 amide bonds. The summed E-state index contributed by atoms with van der Waals surface area (Å²) in [6, 6.07) is 7.83. The summed E-state index contributed by atoms with van der Waals surface area (Å²) in [5.74, 6) is 0. The van der Waals surface area contributed by atoms with Gasteiger partial charge in [0.1, 0.15) is 0 Å². The van der Waals surface area contributed by atoms with Crippen molar-refractivity contribution in [3.05, 3.63) is 48.0 Å². The molecule has 3 aromatic rings. The first-order valence-corrected chi connectivity index (χ1v) is 7.09. The SMILES string of the molecule is CCCNC(c1cnc2ccccc2n1)c1cnnn1C. The fraction of sp³-hybridized carbons (Fsp3) is 0.333. The molecule has 1 atom stereocenters. The Morgan fingerprint density at radius 1 is 1.19 bits per heavy atom. The van der Waals surface area contributed by atoms with Gasteiger partial charge in [-0.2, -0.15) is 0 Å². The van der Waals surface area contributed by atoms with E-state index in [4.69, 9.17) is 4.98 Å². The van der Waals surface area contributed by atoms with E-state index >= 15 is 0 Å². The van der Waals surface area contributed by atoms with Gasteiger partial charge in [0.15, 0.2) is 0 Å². The van der Waals surface area contributed by atoms with Crippen molar-refractivity contribution < 1.29 is 0 Å². The summed E-state index contributed by atoms with van der Waals surface area (Å²) in [5.41, 5.74) is 3.66. The van der Waals surface area contributed by atoms with Gasteiger partial charge in [-0.25, -0.2) is 4.98 Å². The minimum atomic E-state index is -0.0537. The number of para-hydroxylation sites is 2. The van der Waals surface area contributed by atoms with E-state index in [1.807, 2.05) is 37.5 Å². The third-order valence-electron chi connectivity index (χ3n) is 3.41. The molecular weight excluding hydrogens is 264 g/mol. The van der Waals surface area contributed by atoms with Gasteiger partial charge in [0, 0.05) is 7.05 Å². The summed E-state index contributed by atoms with van der Waals surface area (Å²) in [7, 11) is 1.89. The van der Waals surface area contributed by atoms with Crippen LogP contribution in [-0.4, -0.2) is 31.5 Å². The molecular formula is C15H18N6. The van der Waals surface area contributed by atoms with Crippen molar-refractivity contribution in [2.24, 2.45) is 7.05 Å². The maximum absolute atomic E-state index is 4.73. The molecule has 0 radical (unpaired) electrons. The number of hydrogen-bond donors (Lipinski definition) is 1. The molecule has 0 spiro atoms. The molecule has 1 unspecified atom stereocenters. The first-order valence-electron chi connectivity index (χ1n) is 7.09. The predicted octanol–water partition coefficient (Wildman–Crippen LogP) is 1.85. The van der Waals surface area contributed by atoms with Crippen LogP contribution >= 0.6 is 0 Å². The Bertz CT molecular complexity index is 736. The highest BCUT2D eigenvalue weighted by molar-refractivity contribution is 5.73. The summed E-state index contributed by atoms with van der Waals surface area (Å²) >= 11 is 0. The molecule has 0 aliphatic heterocycles. The van der Waals surface area contributed by atoms with Gasteiger partial charge in [0.25, 0.3) is 0 Å². The van der Waals surface area contributed by atoms with Gasteiger partial charge in [-0.15, -0.1) is 5.10 Å². The van der Waals surface area contributed by atoms with Crippen molar-refractivity contribution in [3.8, 4) is 0 Å². The fourth-order valence-electron chi connectivity index (χ4n) is 2.32. The fourth-order valence-corrected chi connectivity index (χ4v) is 2.32. The Morgan fingerprint density at radius 3 is 2.71 bits per heavy atom. The van der Waals surface area contributed by atoms with Gasteiger partial charge in [-0.3, -0.25) is 9.67 Å². The molecule has 0 bridgehead atoms. The number of benzene rings is 1. The normalized spacial score (nSPS) is 12.7. The van der Waals surface area contributed by atoms with Crippen molar-refractivity contribution in [1.82, 2.24) is 30.3 Å². The minimum Gasteiger partial charge on any atom is -0.304 e. The van der Waals surface area contributed by atoms with Crippen LogP contribution in [-0.2, 0) is 7.05 Å². The number of aryl methyl sites for hydroxylation is 1. The minimum absolute atomic E-state index is 0.0537. The van der Waals surface area contributed by atoms with Gasteiger partial charge in [-0.05, 0) is 25.1 Å². The average molecular weight is 282 g/mol. The molecule has 0 aliphatic rings. The topological polar surface area (TPSA) is 68.5 Å². The lowest BCUT2D eigenvalue weighted by atomic mass is 10.1. The second kappa shape index (κ2) is 5.97. The van der Waals surface area contributed by atoms with Gasteiger partial charge in [0.05, 0.1) is 40.9 Å². The van der Waals surface area contributed by atoms with Crippen molar-refractivity contribution in [3.63, 3.8) is 0 Å². The van der Waals surface area contributed by atoms with E-state index in [9.17, 15) is 0 Å². The summed E-state index contributed by atoms with van der Waals surface area (Å²) in [4.78, 5) is 9.23. The molecule has 3 rings (SSSR count). The summed E-state index contributed by atoms with van der Waals surface area (Å²) in [6.45, 7) is 3.03. The van der Waals surface area contributed by atoms with Crippen LogP contribution < -0.4 is 5.32 Å². The Hall–Kier alpha value is -2.34. The van der Waals surface area contributed by atoms with Crippen LogP contribution in [0.3, 0.4) is 0 Å². The predicted molar refractivity (Wildman–Crippen MR) is 80.7 cm³/mol. The molecule has 6 nitrogen and oxygen atoms in total. The van der Waals surface area contributed by atoms with E-state index in [2.05, 4.69) is 27.5 Å². The smallest absolute Gasteiger partial charge is 0.0954 e. The highest BCUT2D eigenvalue weighted by Gasteiger charge is 2.19. The lowest BCUT2D eigenvalue weighted by Gasteiger charge is -2.17. The molecule has 6 heteroatoms. The lowest BCUT2D eigenvalue weighted by Crippen LogP contribution is -2.26. The number of nitrogens with zero attached hydrogens (tertiary/aromatic N) is 5. The molecule has 21 heavy (non-hydrogen) atoms. The molecule has 0 saturated carbocycles. The van der Waals surface area contributed by atoms with E-state index in [0.29, 0.717) is 0 Å². The Balaban J connectivity index is 2.03. The van der Waals surface area contributed by atoms with E-state index in [0.717, 1.165) is 35.4 Å². The maximum atomic E-state index is 4.73. The second-order valence-electron chi connectivity index (χ2n) is 4.95. The zero-order valence-corrected chi connectivity index (χ0v) is 12.2. The van der Waals surface area contributed by atoms with E-state index in [-0.39, 0.29) is 6.04 Å².